The van der Waals surface area contributed by atoms with E-state index in [1.54, 1.807) is 0 Å². The molecule has 0 bridgehead atoms. The van der Waals surface area contributed by atoms with Crippen molar-refractivity contribution < 1.29 is 18.0 Å². The molecule has 7 heteroatoms. The smallest absolute Gasteiger partial charge is 0.346 e. The topological polar surface area (TPSA) is 35.6 Å². The molecule has 0 aliphatic carbocycles. The molecule has 0 aromatic heterocycles. The molecule has 0 unspecified atom stereocenters. The summed E-state index contributed by atoms with van der Waals surface area (Å²) in [6.07, 6.45) is 2.97. The first-order valence-corrected chi connectivity index (χ1v) is 8.70. The van der Waals surface area contributed by atoms with Crippen LogP contribution < -0.4 is 5.32 Å². The predicted octanol–water partition coefficient (Wildman–Crippen LogP) is 2.25. The number of carbonyl (C=O) groups excluding carboxylic acids is 1. The number of likely N-dealkylation sites (tertiary alicyclic amines) is 2. The summed E-state index contributed by atoms with van der Waals surface area (Å²) in [7, 11) is 0. The highest BCUT2D eigenvalue weighted by molar-refractivity contribution is 5.78. The second-order valence-corrected chi connectivity index (χ2v) is 6.85. The summed E-state index contributed by atoms with van der Waals surface area (Å²) < 4.78 is 36.3. The van der Waals surface area contributed by atoms with E-state index in [-0.39, 0.29) is 6.54 Å². The number of halogens is 3. The lowest BCUT2D eigenvalue weighted by Gasteiger charge is -2.35. The molecular formula is C16H28F3N3O. The molecule has 2 aliphatic rings. The highest BCUT2D eigenvalue weighted by atomic mass is 19.4. The van der Waals surface area contributed by atoms with E-state index in [4.69, 9.17) is 0 Å². The predicted molar refractivity (Wildman–Crippen MR) is 83.1 cm³/mol. The zero-order valence-electron chi connectivity index (χ0n) is 13.7. The Balaban J connectivity index is 1.71. The summed E-state index contributed by atoms with van der Waals surface area (Å²) in [5, 5.41) is 1.96. The molecule has 0 radical (unpaired) electrons. The first-order valence-electron chi connectivity index (χ1n) is 8.70. The molecular weight excluding hydrogens is 307 g/mol. The number of hydrogen-bond acceptors (Lipinski definition) is 3. The Kier molecular flexibility index (Phi) is 7.14. The molecule has 4 nitrogen and oxygen atoms in total. The first-order chi connectivity index (χ1) is 10.9. The van der Waals surface area contributed by atoms with Crippen molar-refractivity contribution in [2.24, 2.45) is 5.92 Å². The third kappa shape index (κ3) is 7.52. The third-order valence-electron chi connectivity index (χ3n) is 4.67. The fraction of sp³-hybridized carbons (Fsp3) is 0.938. The minimum Gasteiger partial charge on any atom is -0.346 e. The SMILES string of the molecule is O=C(CN1CCC[C@H](CN2CCCCCC2)C1)NCC(F)(F)F. The summed E-state index contributed by atoms with van der Waals surface area (Å²) >= 11 is 0. The highest BCUT2D eigenvalue weighted by Gasteiger charge is 2.29. The van der Waals surface area contributed by atoms with Gasteiger partial charge >= 0.3 is 6.18 Å². The number of nitrogens with zero attached hydrogens (tertiary/aromatic N) is 2. The number of hydrogen-bond donors (Lipinski definition) is 1. The van der Waals surface area contributed by atoms with Crippen LogP contribution in [-0.2, 0) is 4.79 Å². The lowest BCUT2D eigenvalue weighted by molar-refractivity contribution is -0.139. The zero-order valence-corrected chi connectivity index (χ0v) is 13.7. The van der Waals surface area contributed by atoms with Crippen molar-refractivity contribution in [3.63, 3.8) is 0 Å². The summed E-state index contributed by atoms with van der Waals surface area (Å²) in [4.78, 5) is 16.2. The van der Waals surface area contributed by atoms with E-state index in [0.717, 1.165) is 45.6 Å². The fourth-order valence-electron chi connectivity index (χ4n) is 3.59. The molecule has 2 saturated heterocycles. The van der Waals surface area contributed by atoms with Crippen LogP contribution in [0.15, 0.2) is 0 Å². The molecule has 0 spiro atoms. The van der Waals surface area contributed by atoms with Crippen LogP contribution in [0, 0.1) is 5.92 Å². The molecule has 2 aliphatic heterocycles. The maximum atomic E-state index is 12.1. The van der Waals surface area contributed by atoms with E-state index in [0.29, 0.717) is 5.92 Å². The second-order valence-electron chi connectivity index (χ2n) is 6.85. The largest absolute Gasteiger partial charge is 0.405 e. The van der Waals surface area contributed by atoms with Crippen molar-refractivity contribution in [1.29, 1.82) is 0 Å². The number of nitrogens with one attached hydrogen (secondary N) is 1. The molecule has 1 N–H and O–H groups in total. The van der Waals surface area contributed by atoms with Crippen molar-refractivity contribution in [2.75, 3.05) is 45.8 Å². The molecule has 0 saturated carbocycles. The van der Waals surface area contributed by atoms with E-state index in [2.05, 4.69) is 4.90 Å². The van der Waals surface area contributed by atoms with Crippen LogP contribution in [0.4, 0.5) is 13.2 Å². The highest BCUT2D eigenvalue weighted by Crippen LogP contribution is 2.19. The van der Waals surface area contributed by atoms with Gasteiger partial charge < -0.3 is 10.2 Å². The Bertz CT molecular complexity index is 368. The van der Waals surface area contributed by atoms with Crippen LogP contribution in [0.2, 0.25) is 0 Å². The maximum Gasteiger partial charge on any atom is 0.405 e. The molecule has 23 heavy (non-hydrogen) atoms. The lowest BCUT2D eigenvalue weighted by Crippen LogP contribution is -2.46. The quantitative estimate of drug-likeness (QED) is 0.837. The van der Waals surface area contributed by atoms with Gasteiger partial charge in [-0.25, -0.2) is 0 Å². The molecule has 2 rings (SSSR count). The van der Waals surface area contributed by atoms with Gasteiger partial charge in [-0.2, -0.15) is 13.2 Å². The van der Waals surface area contributed by atoms with Crippen LogP contribution in [0.3, 0.4) is 0 Å². The summed E-state index contributed by atoms with van der Waals surface area (Å²) in [6.45, 7) is 3.82. The number of alkyl halides is 3. The van der Waals surface area contributed by atoms with Gasteiger partial charge in [0.05, 0.1) is 6.54 Å². The number of amides is 1. The van der Waals surface area contributed by atoms with E-state index >= 15 is 0 Å². The molecule has 0 aromatic carbocycles. The number of rotatable bonds is 5. The first kappa shape index (κ1) is 18.5. The van der Waals surface area contributed by atoms with Gasteiger partial charge in [-0.1, -0.05) is 12.8 Å². The summed E-state index contributed by atoms with van der Waals surface area (Å²) in [5.74, 6) is -0.00462. The minimum absolute atomic E-state index is 0.0760. The fourth-order valence-corrected chi connectivity index (χ4v) is 3.59. The Morgan fingerprint density at radius 2 is 1.65 bits per heavy atom. The zero-order chi connectivity index (χ0) is 16.7. The van der Waals surface area contributed by atoms with Crippen molar-refractivity contribution in [2.45, 2.75) is 44.7 Å². The molecule has 134 valence electrons. The van der Waals surface area contributed by atoms with Gasteiger partial charge in [0.2, 0.25) is 5.91 Å². The van der Waals surface area contributed by atoms with E-state index in [9.17, 15) is 18.0 Å². The van der Waals surface area contributed by atoms with Crippen molar-refractivity contribution in [1.82, 2.24) is 15.1 Å². The number of piperidine rings is 1. The van der Waals surface area contributed by atoms with E-state index in [1.165, 1.54) is 25.7 Å². The molecule has 2 heterocycles. The molecule has 0 aromatic rings. The lowest BCUT2D eigenvalue weighted by atomic mass is 9.97. The van der Waals surface area contributed by atoms with Crippen LogP contribution in [-0.4, -0.2) is 67.7 Å². The van der Waals surface area contributed by atoms with Crippen molar-refractivity contribution in [3.05, 3.63) is 0 Å². The van der Waals surface area contributed by atoms with Crippen molar-refractivity contribution >= 4 is 5.91 Å². The Labute approximate surface area is 136 Å². The average molecular weight is 335 g/mol. The maximum absolute atomic E-state index is 12.1. The average Bonchev–Trinajstić information content (AvgIpc) is 2.73. The standard InChI is InChI=1S/C16H28F3N3O/c17-16(18,19)13-20-15(23)12-22-9-5-6-14(11-22)10-21-7-3-1-2-4-8-21/h14H,1-13H2,(H,20,23)/t14-/m1/s1. The van der Waals surface area contributed by atoms with Crippen LogP contribution in [0.1, 0.15) is 38.5 Å². The van der Waals surface area contributed by atoms with Gasteiger partial charge in [0.1, 0.15) is 6.54 Å². The summed E-state index contributed by atoms with van der Waals surface area (Å²) in [5.41, 5.74) is 0. The monoisotopic (exact) mass is 335 g/mol. The second kappa shape index (κ2) is 8.87. The van der Waals surface area contributed by atoms with Gasteiger partial charge in [-0.15, -0.1) is 0 Å². The Morgan fingerprint density at radius 1 is 1.00 bits per heavy atom. The minimum atomic E-state index is -4.34. The van der Waals surface area contributed by atoms with Crippen LogP contribution in [0.5, 0.6) is 0 Å². The summed E-state index contributed by atoms with van der Waals surface area (Å²) in [6, 6.07) is 0. The molecule has 2 fully saturated rings. The third-order valence-corrected chi connectivity index (χ3v) is 4.67. The normalized spacial score (nSPS) is 25.1. The van der Waals surface area contributed by atoms with Gasteiger partial charge in [0.15, 0.2) is 0 Å². The Morgan fingerprint density at radius 3 is 2.30 bits per heavy atom. The van der Waals surface area contributed by atoms with Crippen molar-refractivity contribution in [3.8, 4) is 0 Å². The van der Waals surface area contributed by atoms with Crippen LogP contribution >= 0.6 is 0 Å². The molecule has 1 atom stereocenters. The molecule has 1 amide bonds. The number of carbonyl (C=O) groups is 1. The van der Waals surface area contributed by atoms with Gasteiger partial charge in [0, 0.05) is 13.1 Å². The van der Waals surface area contributed by atoms with Gasteiger partial charge in [-0.05, 0) is 51.2 Å². The Hall–Kier alpha value is -0.820. The van der Waals surface area contributed by atoms with E-state index in [1.807, 2.05) is 10.2 Å². The van der Waals surface area contributed by atoms with Gasteiger partial charge in [-0.3, -0.25) is 9.69 Å². The van der Waals surface area contributed by atoms with Gasteiger partial charge in [0.25, 0.3) is 0 Å². The van der Waals surface area contributed by atoms with E-state index < -0.39 is 18.6 Å². The van der Waals surface area contributed by atoms with Crippen LogP contribution in [0.25, 0.3) is 0 Å².